The first kappa shape index (κ1) is 18.7. The molecule has 0 unspecified atom stereocenters. The van der Waals surface area contributed by atoms with Crippen LogP contribution in [0.3, 0.4) is 0 Å². The average molecular weight is 429 g/mol. The zero-order valence-electron chi connectivity index (χ0n) is 16.0. The molecule has 30 heavy (non-hydrogen) atoms. The topological polar surface area (TPSA) is 67.8 Å². The minimum absolute atomic E-state index is 0.181. The van der Waals surface area contributed by atoms with Gasteiger partial charge in [0.2, 0.25) is 0 Å². The van der Waals surface area contributed by atoms with Crippen LogP contribution in [0.2, 0.25) is 0 Å². The van der Waals surface area contributed by atoms with Crippen LogP contribution in [0.5, 0.6) is 0 Å². The zero-order chi connectivity index (χ0) is 20.5. The monoisotopic (exact) mass is 428 g/mol. The van der Waals surface area contributed by atoms with E-state index in [-0.39, 0.29) is 5.91 Å². The van der Waals surface area contributed by atoms with Crippen LogP contribution in [0.1, 0.15) is 10.4 Å². The lowest BCUT2D eigenvalue weighted by Gasteiger charge is -2.10. The van der Waals surface area contributed by atoms with E-state index in [1.165, 1.54) is 0 Å². The molecule has 7 heteroatoms. The van der Waals surface area contributed by atoms with Crippen molar-refractivity contribution >= 4 is 55.8 Å². The Bertz CT molecular complexity index is 1380. The predicted octanol–water partition coefficient (Wildman–Crippen LogP) is 5.88. The highest BCUT2D eigenvalue weighted by Gasteiger charge is 2.15. The van der Waals surface area contributed by atoms with Gasteiger partial charge in [-0.2, -0.15) is 0 Å². The van der Waals surface area contributed by atoms with Gasteiger partial charge in [-0.25, -0.2) is 9.97 Å². The molecule has 3 heterocycles. The van der Waals surface area contributed by atoms with Gasteiger partial charge in [0.15, 0.2) is 4.34 Å². The largest absolute Gasteiger partial charge is 0.322 e. The molecule has 0 spiro atoms. The minimum Gasteiger partial charge on any atom is -0.322 e. The molecule has 0 atom stereocenters. The molecule has 0 radical (unpaired) electrons. The number of benzene rings is 2. The van der Waals surface area contributed by atoms with Crippen molar-refractivity contribution in [3.63, 3.8) is 0 Å². The molecule has 0 aliphatic carbocycles. The van der Waals surface area contributed by atoms with Gasteiger partial charge in [0.1, 0.15) is 0 Å². The molecule has 2 aromatic carbocycles. The van der Waals surface area contributed by atoms with Gasteiger partial charge in [0.05, 0.1) is 32.7 Å². The summed E-state index contributed by atoms with van der Waals surface area (Å²) in [5.41, 5.74) is 4.40. The summed E-state index contributed by atoms with van der Waals surface area (Å²) < 4.78 is 2.06. The number of amides is 1. The molecule has 3 aromatic heterocycles. The first-order valence-corrected chi connectivity index (χ1v) is 11.3. The molecule has 0 aliphatic rings. The molecule has 0 saturated carbocycles. The lowest BCUT2D eigenvalue weighted by molar-refractivity contribution is 0.102. The molecular formula is C23H16N4OS2. The van der Waals surface area contributed by atoms with Crippen LogP contribution in [0.15, 0.2) is 77.3 Å². The van der Waals surface area contributed by atoms with E-state index in [0.29, 0.717) is 11.3 Å². The number of para-hydroxylation sites is 1. The molecule has 0 saturated heterocycles. The van der Waals surface area contributed by atoms with Gasteiger partial charge >= 0.3 is 0 Å². The fourth-order valence-electron chi connectivity index (χ4n) is 3.28. The SMILES string of the molecule is CSc1nc2ccc(NC(=O)c3cc(-c4ccccn4)nc4ccccc34)cc2s1. The maximum absolute atomic E-state index is 13.2. The number of hydrogen-bond acceptors (Lipinski definition) is 6. The number of rotatable bonds is 4. The number of nitrogens with one attached hydrogen (secondary N) is 1. The van der Waals surface area contributed by atoms with Gasteiger partial charge in [-0.15, -0.1) is 11.3 Å². The summed E-state index contributed by atoms with van der Waals surface area (Å²) in [6.07, 6.45) is 3.73. The second-order valence-electron chi connectivity index (χ2n) is 6.61. The van der Waals surface area contributed by atoms with Crippen molar-refractivity contribution in [1.29, 1.82) is 0 Å². The lowest BCUT2D eigenvalue weighted by atomic mass is 10.1. The van der Waals surface area contributed by atoms with Gasteiger partial charge in [0.25, 0.3) is 5.91 Å². The maximum Gasteiger partial charge on any atom is 0.256 e. The summed E-state index contributed by atoms with van der Waals surface area (Å²) in [5, 5.41) is 3.84. The summed E-state index contributed by atoms with van der Waals surface area (Å²) >= 11 is 3.24. The van der Waals surface area contributed by atoms with Gasteiger partial charge in [0, 0.05) is 17.3 Å². The highest BCUT2D eigenvalue weighted by atomic mass is 32.2. The van der Waals surface area contributed by atoms with Gasteiger partial charge < -0.3 is 5.32 Å². The number of pyridine rings is 2. The van der Waals surface area contributed by atoms with Crippen LogP contribution < -0.4 is 5.32 Å². The Labute approximate surface area is 181 Å². The van der Waals surface area contributed by atoms with Crippen molar-refractivity contribution < 1.29 is 4.79 Å². The van der Waals surface area contributed by atoms with E-state index >= 15 is 0 Å². The Morgan fingerprint density at radius 2 is 1.80 bits per heavy atom. The third kappa shape index (κ3) is 3.53. The quantitative estimate of drug-likeness (QED) is 0.362. The van der Waals surface area contributed by atoms with Gasteiger partial charge in [-0.05, 0) is 48.7 Å². The van der Waals surface area contributed by atoms with Gasteiger partial charge in [-0.3, -0.25) is 9.78 Å². The molecule has 5 rings (SSSR count). The number of thiazole rings is 1. The Hall–Kier alpha value is -3.29. The molecule has 1 N–H and O–H groups in total. The van der Waals surface area contributed by atoms with Crippen molar-refractivity contribution in [3.8, 4) is 11.4 Å². The molecule has 0 fully saturated rings. The number of aromatic nitrogens is 3. The van der Waals surface area contributed by atoms with Crippen LogP contribution in [0, 0.1) is 0 Å². The second-order valence-corrected chi connectivity index (χ2v) is 8.69. The van der Waals surface area contributed by atoms with Crippen LogP contribution in [-0.2, 0) is 0 Å². The number of carbonyl (C=O) groups is 1. The first-order valence-electron chi connectivity index (χ1n) is 9.28. The van der Waals surface area contributed by atoms with E-state index < -0.39 is 0 Å². The van der Waals surface area contributed by atoms with E-state index in [9.17, 15) is 4.79 Å². The van der Waals surface area contributed by atoms with E-state index in [4.69, 9.17) is 4.98 Å². The molecular weight excluding hydrogens is 412 g/mol. The Morgan fingerprint density at radius 1 is 0.933 bits per heavy atom. The third-order valence-electron chi connectivity index (χ3n) is 4.69. The van der Waals surface area contributed by atoms with E-state index in [1.807, 2.05) is 66.9 Å². The van der Waals surface area contributed by atoms with Crippen molar-refractivity contribution in [2.24, 2.45) is 0 Å². The standard InChI is InChI=1S/C23H16N4OS2/c1-29-23-27-19-10-9-14(12-21(19)30-23)25-22(28)16-13-20(18-8-4-5-11-24-18)26-17-7-3-2-6-15(16)17/h2-13H,1H3,(H,25,28). The molecule has 5 aromatic rings. The fraction of sp³-hybridized carbons (Fsp3) is 0.0435. The zero-order valence-corrected chi connectivity index (χ0v) is 17.6. The summed E-state index contributed by atoms with van der Waals surface area (Å²) in [6, 6.07) is 20.9. The summed E-state index contributed by atoms with van der Waals surface area (Å²) in [5.74, 6) is -0.181. The number of nitrogens with zero attached hydrogens (tertiary/aromatic N) is 3. The number of thioether (sulfide) groups is 1. The Morgan fingerprint density at radius 3 is 2.63 bits per heavy atom. The highest BCUT2D eigenvalue weighted by molar-refractivity contribution is 8.00. The number of anilines is 1. The lowest BCUT2D eigenvalue weighted by Crippen LogP contribution is -2.13. The summed E-state index contributed by atoms with van der Waals surface area (Å²) in [6.45, 7) is 0. The number of hydrogen-bond donors (Lipinski definition) is 1. The third-order valence-corrected chi connectivity index (χ3v) is 6.69. The summed E-state index contributed by atoms with van der Waals surface area (Å²) in [7, 11) is 0. The van der Waals surface area contributed by atoms with Crippen LogP contribution >= 0.6 is 23.1 Å². The van der Waals surface area contributed by atoms with E-state index in [1.54, 1.807) is 35.4 Å². The molecule has 1 amide bonds. The molecule has 0 bridgehead atoms. The Balaban J connectivity index is 1.55. The predicted molar refractivity (Wildman–Crippen MR) is 124 cm³/mol. The summed E-state index contributed by atoms with van der Waals surface area (Å²) in [4.78, 5) is 26.9. The molecule has 146 valence electrons. The number of carbonyl (C=O) groups excluding carboxylic acids is 1. The van der Waals surface area contributed by atoms with E-state index in [2.05, 4.69) is 15.3 Å². The number of fused-ring (bicyclic) bond motifs is 2. The Kier molecular flexibility index (Phi) is 4.90. The van der Waals surface area contributed by atoms with Crippen molar-refractivity contribution in [2.45, 2.75) is 4.34 Å². The molecule has 5 nitrogen and oxygen atoms in total. The van der Waals surface area contributed by atoms with Crippen LogP contribution in [0.25, 0.3) is 32.5 Å². The normalized spacial score (nSPS) is 11.1. The van der Waals surface area contributed by atoms with Crippen LogP contribution in [-0.4, -0.2) is 27.1 Å². The minimum atomic E-state index is -0.181. The van der Waals surface area contributed by atoms with Crippen molar-refractivity contribution in [1.82, 2.24) is 15.0 Å². The highest BCUT2D eigenvalue weighted by Crippen LogP contribution is 2.30. The maximum atomic E-state index is 13.2. The van der Waals surface area contributed by atoms with Gasteiger partial charge in [-0.1, -0.05) is 36.0 Å². The van der Waals surface area contributed by atoms with Crippen LogP contribution in [0.4, 0.5) is 5.69 Å². The second kappa shape index (κ2) is 7.85. The smallest absolute Gasteiger partial charge is 0.256 e. The van der Waals surface area contributed by atoms with E-state index in [0.717, 1.165) is 36.8 Å². The first-order chi connectivity index (χ1) is 14.7. The molecule has 0 aliphatic heterocycles. The van der Waals surface area contributed by atoms with Crippen molar-refractivity contribution in [3.05, 3.63) is 78.5 Å². The van der Waals surface area contributed by atoms with Crippen molar-refractivity contribution in [2.75, 3.05) is 11.6 Å². The fourth-order valence-corrected chi connectivity index (χ4v) is 4.80. The average Bonchev–Trinajstić information content (AvgIpc) is 3.21.